The van der Waals surface area contributed by atoms with Crippen molar-refractivity contribution in [3.05, 3.63) is 33.6 Å². The van der Waals surface area contributed by atoms with E-state index in [0.29, 0.717) is 39.3 Å². The summed E-state index contributed by atoms with van der Waals surface area (Å²) >= 11 is 7.39. The van der Waals surface area contributed by atoms with Gasteiger partial charge in [-0.1, -0.05) is 37.2 Å². The Balaban J connectivity index is 1.84. The first-order chi connectivity index (χ1) is 12.5. The van der Waals surface area contributed by atoms with Crippen LogP contribution in [0.4, 0.5) is 0 Å². The van der Waals surface area contributed by atoms with Gasteiger partial charge in [0.05, 0.1) is 16.7 Å². The van der Waals surface area contributed by atoms with Crippen molar-refractivity contribution in [2.24, 2.45) is 5.92 Å². The standard InChI is InChI=1S/C19H24ClN3O2S/c1-3-8-23-18(25)15-7-6-14(20)10-16(15)21-19(23)26-12-17(24)22-9-4-5-13(2)11-22/h6-7,10,13H,3-5,8-9,11-12H2,1-2H3/t13-/m1/s1. The van der Waals surface area contributed by atoms with E-state index in [2.05, 4.69) is 11.9 Å². The summed E-state index contributed by atoms with van der Waals surface area (Å²) < 4.78 is 1.67. The number of piperidine rings is 1. The van der Waals surface area contributed by atoms with Crippen molar-refractivity contribution in [3.63, 3.8) is 0 Å². The molecular formula is C19H24ClN3O2S. The number of thioether (sulfide) groups is 1. The second-order valence-corrected chi connectivity index (χ2v) is 8.27. The van der Waals surface area contributed by atoms with Gasteiger partial charge in [0.1, 0.15) is 0 Å². The molecule has 3 rings (SSSR count). The maximum atomic E-state index is 12.8. The third kappa shape index (κ3) is 4.23. The zero-order valence-corrected chi connectivity index (χ0v) is 16.8. The zero-order valence-electron chi connectivity index (χ0n) is 15.2. The quantitative estimate of drug-likeness (QED) is 0.572. The van der Waals surface area contributed by atoms with Gasteiger partial charge in [0, 0.05) is 24.7 Å². The number of nitrogens with zero attached hydrogens (tertiary/aromatic N) is 3. The molecule has 140 valence electrons. The second-order valence-electron chi connectivity index (χ2n) is 6.89. The van der Waals surface area contributed by atoms with Gasteiger partial charge in [-0.15, -0.1) is 0 Å². The highest BCUT2D eigenvalue weighted by Crippen LogP contribution is 2.22. The van der Waals surface area contributed by atoms with Gasteiger partial charge in [0.2, 0.25) is 5.91 Å². The van der Waals surface area contributed by atoms with E-state index in [9.17, 15) is 9.59 Å². The highest BCUT2D eigenvalue weighted by Gasteiger charge is 2.21. The van der Waals surface area contributed by atoms with Crippen molar-refractivity contribution in [1.29, 1.82) is 0 Å². The molecule has 1 atom stereocenters. The average Bonchev–Trinajstić information content (AvgIpc) is 2.62. The van der Waals surface area contributed by atoms with Gasteiger partial charge < -0.3 is 4.90 Å². The largest absolute Gasteiger partial charge is 0.342 e. The molecule has 7 heteroatoms. The van der Waals surface area contributed by atoms with E-state index >= 15 is 0 Å². The number of halogens is 1. The molecule has 1 aromatic heterocycles. The maximum Gasteiger partial charge on any atom is 0.262 e. The lowest BCUT2D eigenvalue weighted by Crippen LogP contribution is -2.40. The molecule has 0 saturated carbocycles. The number of hydrogen-bond acceptors (Lipinski definition) is 4. The molecule has 0 unspecified atom stereocenters. The van der Waals surface area contributed by atoms with Gasteiger partial charge in [0.25, 0.3) is 5.56 Å². The van der Waals surface area contributed by atoms with Crippen molar-refractivity contribution in [1.82, 2.24) is 14.5 Å². The Morgan fingerprint density at radius 1 is 1.42 bits per heavy atom. The minimum atomic E-state index is -0.0740. The number of aromatic nitrogens is 2. The van der Waals surface area contributed by atoms with E-state index in [-0.39, 0.29) is 11.5 Å². The lowest BCUT2D eigenvalue weighted by molar-refractivity contribution is -0.130. The average molecular weight is 394 g/mol. The highest BCUT2D eigenvalue weighted by atomic mass is 35.5. The minimum Gasteiger partial charge on any atom is -0.342 e. The Kier molecular flexibility index (Phi) is 6.24. The van der Waals surface area contributed by atoms with Gasteiger partial charge in [-0.2, -0.15) is 0 Å². The van der Waals surface area contributed by atoms with E-state index < -0.39 is 0 Å². The van der Waals surface area contributed by atoms with Crippen LogP contribution in [0.25, 0.3) is 10.9 Å². The van der Waals surface area contributed by atoms with E-state index in [4.69, 9.17) is 11.6 Å². The molecule has 1 aliphatic heterocycles. The van der Waals surface area contributed by atoms with E-state index in [1.54, 1.807) is 22.8 Å². The predicted molar refractivity (Wildman–Crippen MR) is 107 cm³/mol. The van der Waals surface area contributed by atoms with Crippen LogP contribution in [-0.2, 0) is 11.3 Å². The molecule has 5 nitrogen and oxygen atoms in total. The van der Waals surface area contributed by atoms with Crippen molar-refractivity contribution in [3.8, 4) is 0 Å². The van der Waals surface area contributed by atoms with E-state index in [1.807, 2.05) is 11.8 Å². The van der Waals surface area contributed by atoms with Crippen molar-refractivity contribution in [2.75, 3.05) is 18.8 Å². The van der Waals surface area contributed by atoms with Gasteiger partial charge >= 0.3 is 0 Å². The van der Waals surface area contributed by atoms with Crippen molar-refractivity contribution < 1.29 is 4.79 Å². The highest BCUT2D eigenvalue weighted by molar-refractivity contribution is 7.99. The zero-order chi connectivity index (χ0) is 18.7. The molecule has 1 aromatic carbocycles. The number of carbonyl (C=O) groups excluding carboxylic acids is 1. The first-order valence-electron chi connectivity index (χ1n) is 9.10. The van der Waals surface area contributed by atoms with Crippen molar-refractivity contribution >= 4 is 40.2 Å². The minimum absolute atomic E-state index is 0.0740. The predicted octanol–water partition coefficient (Wildman–Crippen LogP) is 3.81. The Bertz CT molecular complexity index is 868. The number of rotatable bonds is 5. The Hall–Kier alpha value is -1.53. The number of carbonyl (C=O) groups is 1. The Morgan fingerprint density at radius 2 is 2.23 bits per heavy atom. The van der Waals surface area contributed by atoms with Crippen LogP contribution in [0, 0.1) is 5.92 Å². The molecule has 0 bridgehead atoms. The number of hydrogen-bond donors (Lipinski definition) is 0. The van der Waals surface area contributed by atoms with Crippen LogP contribution in [0.5, 0.6) is 0 Å². The molecule has 2 heterocycles. The number of benzene rings is 1. The maximum absolute atomic E-state index is 12.8. The molecule has 26 heavy (non-hydrogen) atoms. The monoisotopic (exact) mass is 393 g/mol. The fourth-order valence-corrected chi connectivity index (χ4v) is 4.43. The Labute approximate surface area is 162 Å². The van der Waals surface area contributed by atoms with Crippen LogP contribution in [0.15, 0.2) is 28.2 Å². The first-order valence-corrected chi connectivity index (χ1v) is 10.5. The molecule has 0 radical (unpaired) electrons. The van der Waals surface area contributed by atoms with E-state index in [0.717, 1.165) is 25.9 Å². The van der Waals surface area contributed by atoms with Crippen molar-refractivity contribution in [2.45, 2.75) is 44.8 Å². The van der Waals surface area contributed by atoms with Gasteiger partial charge in [-0.25, -0.2) is 4.98 Å². The first kappa shape index (κ1) is 19.2. The fraction of sp³-hybridized carbons (Fsp3) is 0.526. The summed E-state index contributed by atoms with van der Waals surface area (Å²) in [5.41, 5.74) is 0.506. The summed E-state index contributed by atoms with van der Waals surface area (Å²) in [7, 11) is 0. The SMILES string of the molecule is CCCn1c(SCC(=O)N2CCC[C@@H](C)C2)nc2cc(Cl)ccc2c1=O. The number of fused-ring (bicyclic) bond motifs is 1. The van der Waals surface area contributed by atoms with Crippen LogP contribution in [-0.4, -0.2) is 39.2 Å². The topological polar surface area (TPSA) is 55.2 Å². The summed E-state index contributed by atoms with van der Waals surface area (Å²) in [6.45, 7) is 6.43. The molecule has 0 N–H and O–H groups in total. The third-order valence-corrected chi connectivity index (χ3v) is 5.86. The third-order valence-electron chi connectivity index (χ3n) is 4.66. The van der Waals surface area contributed by atoms with Crippen LogP contribution in [0.2, 0.25) is 5.02 Å². The molecule has 2 aromatic rings. The Morgan fingerprint density at radius 3 is 2.96 bits per heavy atom. The summed E-state index contributed by atoms with van der Waals surface area (Å²) in [4.78, 5) is 31.9. The van der Waals surface area contributed by atoms with Gasteiger partial charge in [-0.3, -0.25) is 14.2 Å². The van der Waals surface area contributed by atoms with Gasteiger partial charge in [-0.05, 0) is 43.4 Å². The van der Waals surface area contributed by atoms with E-state index in [1.165, 1.54) is 18.2 Å². The number of likely N-dealkylation sites (tertiary alicyclic amines) is 1. The summed E-state index contributed by atoms with van der Waals surface area (Å²) in [6, 6.07) is 5.12. The van der Waals surface area contributed by atoms with Crippen LogP contribution < -0.4 is 5.56 Å². The second kappa shape index (κ2) is 8.44. The lowest BCUT2D eigenvalue weighted by atomic mass is 10.0. The molecular weight excluding hydrogens is 370 g/mol. The van der Waals surface area contributed by atoms with Gasteiger partial charge in [0.15, 0.2) is 5.16 Å². The summed E-state index contributed by atoms with van der Waals surface area (Å²) in [5.74, 6) is 0.969. The summed E-state index contributed by atoms with van der Waals surface area (Å²) in [6.07, 6.45) is 3.07. The number of amides is 1. The summed E-state index contributed by atoms with van der Waals surface area (Å²) in [5, 5.41) is 1.69. The molecule has 1 amide bonds. The smallest absolute Gasteiger partial charge is 0.262 e. The van der Waals surface area contributed by atoms with Crippen LogP contribution in [0.1, 0.15) is 33.1 Å². The molecule has 0 spiro atoms. The van der Waals surface area contributed by atoms with Crippen LogP contribution in [0.3, 0.4) is 0 Å². The molecule has 0 aliphatic carbocycles. The normalized spacial score (nSPS) is 17.7. The molecule has 1 aliphatic rings. The molecule has 1 saturated heterocycles. The lowest BCUT2D eigenvalue weighted by Gasteiger charge is -2.30. The fourth-order valence-electron chi connectivity index (χ4n) is 3.34. The van der Waals surface area contributed by atoms with Crippen LogP contribution >= 0.6 is 23.4 Å². The molecule has 1 fully saturated rings.